The molecule has 2 heterocycles. The van der Waals surface area contributed by atoms with Crippen molar-refractivity contribution >= 4 is 23.4 Å². The highest BCUT2D eigenvalue weighted by molar-refractivity contribution is 6.30. The Balaban J connectivity index is 1.48. The third-order valence-corrected chi connectivity index (χ3v) is 7.31. The van der Waals surface area contributed by atoms with Gasteiger partial charge in [0.1, 0.15) is 22.7 Å². The number of hydrogen-bond donors (Lipinski definition) is 1. The van der Waals surface area contributed by atoms with E-state index in [1.807, 2.05) is 60.7 Å². The lowest BCUT2D eigenvalue weighted by Crippen LogP contribution is -2.63. The molecule has 5 rings (SSSR count). The molecule has 1 N–H and O–H groups in total. The van der Waals surface area contributed by atoms with E-state index in [0.29, 0.717) is 22.2 Å². The van der Waals surface area contributed by atoms with Gasteiger partial charge < -0.3 is 19.7 Å². The standard InChI is InChI=1S/C30H29ClN4O4/c1-30(29(37)32-17-22-6-4-5-7-27(22)39-3)19-35-26(16-25(33-35)21-10-14-24(38-2)15-11-21)28(36)34(30)18-20-8-12-23(31)13-9-20/h4-16H,17-19H2,1-3H3,(H,32,37)/t30-/m0/s1. The van der Waals surface area contributed by atoms with Crippen molar-refractivity contribution in [3.8, 4) is 22.8 Å². The second-order valence-electron chi connectivity index (χ2n) is 9.59. The Morgan fingerprint density at radius 2 is 1.74 bits per heavy atom. The van der Waals surface area contributed by atoms with Crippen molar-refractivity contribution in [2.45, 2.75) is 32.1 Å². The van der Waals surface area contributed by atoms with E-state index in [2.05, 4.69) is 5.32 Å². The van der Waals surface area contributed by atoms with Gasteiger partial charge in [0.05, 0.1) is 26.5 Å². The average molecular weight is 545 g/mol. The number of benzene rings is 3. The van der Waals surface area contributed by atoms with Crippen molar-refractivity contribution < 1.29 is 19.1 Å². The molecule has 9 heteroatoms. The molecule has 8 nitrogen and oxygen atoms in total. The van der Waals surface area contributed by atoms with Crippen LogP contribution in [0.1, 0.15) is 28.5 Å². The number of methoxy groups -OCH3 is 2. The fourth-order valence-electron chi connectivity index (χ4n) is 4.78. The van der Waals surface area contributed by atoms with Crippen LogP contribution in [0.25, 0.3) is 11.3 Å². The summed E-state index contributed by atoms with van der Waals surface area (Å²) in [4.78, 5) is 29.4. The topological polar surface area (TPSA) is 85.7 Å². The number of fused-ring (bicyclic) bond motifs is 1. The quantitative estimate of drug-likeness (QED) is 0.339. The zero-order chi connectivity index (χ0) is 27.6. The summed E-state index contributed by atoms with van der Waals surface area (Å²) in [5.41, 5.74) is 2.40. The molecule has 1 aromatic heterocycles. The van der Waals surface area contributed by atoms with Gasteiger partial charge >= 0.3 is 0 Å². The van der Waals surface area contributed by atoms with E-state index >= 15 is 0 Å². The predicted octanol–water partition coefficient (Wildman–Crippen LogP) is 4.95. The number of ether oxygens (including phenoxy) is 2. The molecule has 0 radical (unpaired) electrons. The molecular formula is C30H29ClN4O4. The van der Waals surface area contributed by atoms with Crippen molar-refractivity contribution in [3.05, 3.63) is 101 Å². The molecule has 4 aromatic rings. The Kier molecular flexibility index (Phi) is 7.30. The molecule has 0 bridgehead atoms. The minimum Gasteiger partial charge on any atom is -0.497 e. The lowest BCUT2D eigenvalue weighted by atomic mass is 9.94. The number of nitrogens with zero attached hydrogens (tertiary/aromatic N) is 3. The van der Waals surface area contributed by atoms with Crippen molar-refractivity contribution in [3.63, 3.8) is 0 Å². The van der Waals surface area contributed by atoms with E-state index in [9.17, 15) is 9.59 Å². The molecule has 0 aliphatic carbocycles. The zero-order valence-electron chi connectivity index (χ0n) is 22.0. The van der Waals surface area contributed by atoms with Crippen molar-refractivity contribution in [1.29, 1.82) is 0 Å². The highest BCUT2D eigenvalue weighted by Crippen LogP contribution is 2.32. The summed E-state index contributed by atoms with van der Waals surface area (Å²) in [5.74, 6) is 0.840. The first-order chi connectivity index (χ1) is 18.8. The SMILES string of the molecule is COc1ccc(-c2cc3n(n2)C[C@@](C)(C(=O)NCc2ccccc2OC)N(Cc2ccc(Cl)cc2)C3=O)cc1. The average Bonchev–Trinajstić information content (AvgIpc) is 3.39. The molecule has 1 aliphatic heterocycles. The van der Waals surface area contributed by atoms with Crippen LogP contribution in [0, 0.1) is 0 Å². The summed E-state index contributed by atoms with van der Waals surface area (Å²) < 4.78 is 12.3. The van der Waals surface area contributed by atoms with Crippen LogP contribution < -0.4 is 14.8 Å². The Bertz CT molecular complexity index is 1500. The van der Waals surface area contributed by atoms with Crippen LogP contribution in [0.5, 0.6) is 11.5 Å². The maximum atomic E-state index is 13.9. The summed E-state index contributed by atoms with van der Waals surface area (Å²) in [6.07, 6.45) is 0. The van der Waals surface area contributed by atoms with E-state index in [1.54, 1.807) is 48.9 Å². The van der Waals surface area contributed by atoms with Gasteiger partial charge in [-0.2, -0.15) is 5.10 Å². The molecule has 2 amide bonds. The second kappa shape index (κ2) is 10.8. The lowest BCUT2D eigenvalue weighted by molar-refractivity contribution is -0.133. The van der Waals surface area contributed by atoms with Gasteiger partial charge in [0, 0.05) is 29.2 Å². The molecular weight excluding hydrogens is 516 g/mol. The number of halogens is 1. The minimum atomic E-state index is -1.21. The van der Waals surface area contributed by atoms with Crippen LogP contribution >= 0.6 is 11.6 Å². The number of carbonyl (C=O) groups excluding carboxylic acids is 2. The highest BCUT2D eigenvalue weighted by atomic mass is 35.5. The zero-order valence-corrected chi connectivity index (χ0v) is 22.7. The van der Waals surface area contributed by atoms with Crippen molar-refractivity contribution in [2.75, 3.05) is 14.2 Å². The van der Waals surface area contributed by atoms with Gasteiger partial charge in [0.2, 0.25) is 5.91 Å². The largest absolute Gasteiger partial charge is 0.497 e. The third-order valence-electron chi connectivity index (χ3n) is 7.06. The molecule has 0 saturated heterocycles. The van der Waals surface area contributed by atoms with Gasteiger partial charge in [-0.1, -0.05) is 41.9 Å². The number of nitrogens with one attached hydrogen (secondary N) is 1. The van der Waals surface area contributed by atoms with E-state index in [-0.39, 0.29) is 31.4 Å². The molecule has 1 atom stereocenters. The predicted molar refractivity (Wildman–Crippen MR) is 149 cm³/mol. The molecule has 39 heavy (non-hydrogen) atoms. The summed E-state index contributed by atoms with van der Waals surface area (Å²) in [6.45, 7) is 2.45. The molecule has 3 aromatic carbocycles. The lowest BCUT2D eigenvalue weighted by Gasteiger charge is -2.43. The van der Waals surface area contributed by atoms with E-state index < -0.39 is 5.54 Å². The Morgan fingerprint density at radius 1 is 1.03 bits per heavy atom. The Morgan fingerprint density at radius 3 is 2.44 bits per heavy atom. The van der Waals surface area contributed by atoms with Crippen LogP contribution in [0.3, 0.4) is 0 Å². The van der Waals surface area contributed by atoms with Gasteiger partial charge in [-0.05, 0) is 61.0 Å². The molecule has 1 aliphatic rings. The minimum absolute atomic E-state index is 0.190. The van der Waals surface area contributed by atoms with Crippen LogP contribution in [0.2, 0.25) is 5.02 Å². The summed E-state index contributed by atoms with van der Waals surface area (Å²) in [6, 6.07) is 24.0. The fraction of sp³-hybridized carbons (Fsp3) is 0.233. The number of aromatic nitrogens is 2. The molecule has 0 saturated carbocycles. The second-order valence-corrected chi connectivity index (χ2v) is 10.0. The maximum Gasteiger partial charge on any atom is 0.273 e. The highest BCUT2D eigenvalue weighted by Gasteiger charge is 2.48. The molecule has 0 spiro atoms. The number of para-hydroxylation sites is 1. The fourth-order valence-corrected chi connectivity index (χ4v) is 4.91. The number of carbonyl (C=O) groups is 2. The normalized spacial score (nSPS) is 16.5. The van der Waals surface area contributed by atoms with Crippen LogP contribution in [0.15, 0.2) is 78.9 Å². The van der Waals surface area contributed by atoms with E-state index in [0.717, 1.165) is 22.4 Å². The van der Waals surface area contributed by atoms with Crippen LogP contribution in [-0.4, -0.2) is 46.3 Å². The summed E-state index contributed by atoms with van der Waals surface area (Å²) in [7, 11) is 3.20. The first-order valence-electron chi connectivity index (χ1n) is 12.5. The van der Waals surface area contributed by atoms with Gasteiger partial charge in [-0.15, -0.1) is 0 Å². The number of amides is 2. The van der Waals surface area contributed by atoms with Crippen molar-refractivity contribution in [1.82, 2.24) is 20.0 Å². The summed E-state index contributed by atoms with van der Waals surface area (Å²) >= 11 is 6.09. The van der Waals surface area contributed by atoms with Crippen LogP contribution in [-0.2, 0) is 24.4 Å². The Hall–Kier alpha value is -4.30. The maximum absolute atomic E-state index is 13.9. The van der Waals surface area contributed by atoms with Gasteiger partial charge in [0.15, 0.2) is 0 Å². The van der Waals surface area contributed by atoms with E-state index in [4.69, 9.17) is 26.2 Å². The summed E-state index contributed by atoms with van der Waals surface area (Å²) in [5, 5.41) is 8.34. The first kappa shape index (κ1) is 26.3. The molecule has 200 valence electrons. The molecule has 0 fully saturated rings. The van der Waals surface area contributed by atoms with Gasteiger partial charge in [-0.25, -0.2) is 0 Å². The first-order valence-corrected chi connectivity index (χ1v) is 12.9. The van der Waals surface area contributed by atoms with Crippen LogP contribution in [0.4, 0.5) is 0 Å². The number of hydrogen-bond acceptors (Lipinski definition) is 5. The van der Waals surface area contributed by atoms with E-state index in [1.165, 1.54) is 0 Å². The smallest absolute Gasteiger partial charge is 0.273 e. The number of rotatable bonds is 8. The van der Waals surface area contributed by atoms with Gasteiger partial charge in [-0.3, -0.25) is 14.3 Å². The molecule has 0 unspecified atom stereocenters. The third kappa shape index (κ3) is 5.20. The Labute approximate surface area is 232 Å². The van der Waals surface area contributed by atoms with Crippen molar-refractivity contribution in [2.24, 2.45) is 0 Å². The monoisotopic (exact) mass is 544 g/mol. The van der Waals surface area contributed by atoms with Gasteiger partial charge in [0.25, 0.3) is 5.91 Å².